The molecule has 0 aliphatic rings. The molecule has 0 fully saturated rings. The van der Waals surface area contributed by atoms with Crippen molar-refractivity contribution in [3.8, 4) is 0 Å². The smallest absolute Gasteiger partial charge is 0.254 e. The van der Waals surface area contributed by atoms with Gasteiger partial charge in [-0.15, -0.1) is 0 Å². The summed E-state index contributed by atoms with van der Waals surface area (Å²) in [5.41, 5.74) is 0.657. The molecule has 0 radical (unpaired) electrons. The van der Waals surface area contributed by atoms with Crippen molar-refractivity contribution in [1.82, 2.24) is 10.6 Å². The highest BCUT2D eigenvalue weighted by Crippen LogP contribution is 2.05. The van der Waals surface area contributed by atoms with E-state index in [1.165, 1.54) is 42.5 Å². The van der Waals surface area contributed by atoms with E-state index in [0.29, 0.717) is 5.56 Å². The number of hydrogen-bond acceptors (Lipinski definition) is 2. The van der Waals surface area contributed by atoms with Crippen LogP contribution in [0.4, 0.5) is 8.78 Å². The van der Waals surface area contributed by atoms with Crippen LogP contribution in [0, 0.1) is 11.6 Å². The third kappa shape index (κ3) is 5.18. The first kappa shape index (κ1) is 16.6. The fourth-order valence-corrected chi connectivity index (χ4v) is 1.97. The third-order valence-electron chi connectivity index (χ3n) is 3.13. The standard InChI is InChI=1S/C17H16F2N2O2/c18-13-7-5-12(6-8-13)11-16(22)20-9-10-21-17(23)14-3-1-2-4-15(14)19/h1-8H,9-11H2,(H,20,22)(H,21,23). The van der Waals surface area contributed by atoms with Crippen molar-refractivity contribution in [1.29, 1.82) is 0 Å². The maximum atomic E-state index is 13.4. The number of amides is 2. The van der Waals surface area contributed by atoms with Gasteiger partial charge in [0, 0.05) is 13.1 Å². The zero-order chi connectivity index (χ0) is 16.7. The van der Waals surface area contributed by atoms with E-state index < -0.39 is 11.7 Å². The summed E-state index contributed by atoms with van der Waals surface area (Å²) in [4.78, 5) is 23.4. The van der Waals surface area contributed by atoms with Crippen molar-refractivity contribution in [3.05, 3.63) is 71.3 Å². The fraction of sp³-hybridized carbons (Fsp3) is 0.176. The Labute approximate surface area is 132 Å². The molecular weight excluding hydrogens is 302 g/mol. The highest BCUT2D eigenvalue weighted by atomic mass is 19.1. The van der Waals surface area contributed by atoms with E-state index in [9.17, 15) is 18.4 Å². The van der Waals surface area contributed by atoms with Crippen molar-refractivity contribution in [2.75, 3.05) is 13.1 Å². The van der Waals surface area contributed by atoms with Crippen LogP contribution in [0.5, 0.6) is 0 Å². The maximum Gasteiger partial charge on any atom is 0.254 e. The van der Waals surface area contributed by atoms with Crippen LogP contribution in [0.2, 0.25) is 0 Å². The minimum absolute atomic E-state index is 0.0369. The van der Waals surface area contributed by atoms with Crippen LogP contribution in [-0.2, 0) is 11.2 Å². The van der Waals surface area contributed by atoms with Crippen LogP contribution in [-0.4, -0.2) is 24.9 Å². The Bertz CT molecular complexity index is 687. The highest BCUT2D eigenvalue weighted by Gasteiger charge is 2.10. The number of hydrogen-bond donors (Lipinski definition) is 2. The lowest BCUT2D eigenvalue weighted by molar-refractivity contribution is -0.120. The average molecular weight is 318 g/mol. The van der Waals surface area contributed by atoms with Crippen molar-refractivity contribution >= 4 is 11.8 Å². The van der Waals surface area contributed by atoms with Crippen molar-refractivity contribution in [3.63, 3.8) is 0 Å². The van der Waals surface area contributed by atoms with Crippen LogP contribution in [0.1, 0.15) is 15.9 Å². The first-order valence-corrected chi connectivity index (χ1v) is 7.10. The number of carbonyl (C=O) groups excluding carboxylic acids is 2. The lowest BCUT2D eigenvalue weighted by Gasteiger charge is -2.08. The van der Waals surface area contributed by atoms with E-state index in [4.69, 9.17) is 0 Å². The predicted octanol–water partition coefficient (Wildman–Crippen LogP) is 2.05. The van der Waals surface area contributed by atoms with Gasteiger partial charge < -0.3 is 10.6 Å². The molecule has 0 spiro atoms. The Hall–Kier alpha value is -2.76. The number of nitrogens with one attached hydrogen (secondary N) is 2. The molecule has 6 heteroatoms. The van der Waals surface area contributed by atoms with Crippen LogP contribution < -0.4 is 10.6 Å². The Morgan fingerprint density at radius 2 is 1.52 bits per heavy atom. The SMILES string of the molecule is O=C(Cc1ccc(F)cc1)NCCNC(=O)c1ccccc1F. The van der Waals surface area contributed by atoms with E-state index in [0.717, 1.165) is 0 Å². The topological polar surface area (TPSA) is 58.2 Å². The van der Waals surface area contributed by atoms with Gasteiger partial charge in [-0.2, -0.15) is 0 Å². The summed E-state index contributed by atoms with van der Waals surface area (Å²) in [7, 11) is 0. The second kappa shape index (κ2) is 8.03. The normalized spacial score (nSPS) is 10.2. The van der Waals surface area contributed by atoms with Crippen molar-refractivity contribution in [2.24, 2.45) is 0 Å². The molecular formula is C17H16F2N2O2. The molecule has 0 saturated carbocycles. The van der Waals surface area contributed by atoms with Crippen molar-refractivity contribution < 1.29 is 18.4 Å². The van der Waals surface area contributed by atoms with E-state index in [2.05, 4.69) is 10.6 Å². The summed E-state index contributed by atoms with van der Waals surface area (Å²) in [6.45, 7) is 0.405. The molecule has 2 amide bonds. The van der Waals surface area contributed by atoms with Crippen LogP contribution in [0.15, 0.2) is 48.5 Å². The second-order valence-corrected chi connectivity index (χ2v) is 4.89. The summed E-state index contributed by atoms with van der Waals surface area (Å²) in [5.74, 6) is -1.72. The Balaban J connectivity index is 1.71. The zero-order valence-corrected chi connectivity index (χ0v) is 12.3. The van der Waals surface area contributed by atoms with Gasteiger partial charge in [-0.1, -0.05) is 24.3 Å². The van der Waals surface area contributed by atoms with E-state index in [1.807, 2.05) is 0 Å². The molecule has 2 rings (SSSR count). The predicted molar refractivity (Wildman–Crippen MR) is 81.8 cm³/mol. The van der Waals surface area contributed by atoms with Gasteiger partial charge >= 0.3 is 0 Å². The number of halogens is 2. The molecule has 23 heavy (non-hydrogen) atoms. The van der Waals surface area contributed by atoms with Gasteiger partial charge in [-0.3, -0.25) is 9.59 Å². The maximum absolute atomic E-state index is 13.4. The first-order chi connectivity index (χ1) is 11.1. The monoisotopic (exact) mass is 318 g/mol. The highest BCUT2D eigenvalue weighted by molar-refractivity contribution is 5.94. The largest absolute Gasteiger partial charge is 0.354 e. The average Bonchev–Trinajstić information content (AvgIpc) is 2.54. The summed E-state index contributed by atoms with van der Waals surface area (Å²) in [5, 5.41) is 5.15. The van der Waals surface area contributed by atoms with E-state index in [1.54, 1.807) is 6.07 Å². The van der Waals surface area contributed by atoms with Crippen LogP contribution in [0.3, 0.4) is 0 Å². The minimum Gasteiger partial charge on any atom is -0.354 e. The first-order valence-electron chi connectivity index (χ1n) is 7.10. The van der Waals surface area contributed by atoms with Gasteiger partial charge in [0.2, 0.25) is 5.91 Å². The lowest BCUT2D eigenvalue weighted by atomic mass is 10.1. The summed E-state index contributed by atoms with van der Waals surface area (Å²) in [6.07, 6.45) is 0.127. The Morgan fingerprint density at radius 1 is 0.870 bits per heavy atom. The number of carbonyl (C=O) groups is 2. The summed E-state index contributed by atoms with van der Waals surface area (Å²) in [6, 6.07) is 11.3. The van der Waals surface area contributed by atoms with Gasteiger partial charge in [0.25, 0.3) is 5.91 Å². The minimum atomic E-state index is -0.592. The summed E-state index contributed by atoms with van der Waals surface area (Å²) >= 11 is 0. The van der Waals surface area contributed by atoms with Crippen LogP contribution in [0.25, 0.3) is 0 Å². The molecule has 2 N–H and O–H groups in total. The van der Waals surface area contributed by atoms with Gasteiger partial charge in [-0.25, -0.2) is 8.78 Å². The molecule has 2 aromatic rings. The molecule has 2 aromatic carbocycles. The molecule has 0 aliphatic carbocycles. The second-order valence-electron chi connectivity index (χ2n) is 4.89. The molecule has 0 aliphatic heterocycles. The van der Waals surface area contributed by atoms with Crippen LogP contribution >= 0.6 is 0 Å². The summed E-state index contributed by atoms with van der Waals surface area (Å²) < 4.78 is 26.1. The molecule has 0 saturated heterocycles. The van der Waals surface area contributed by atoms with Gasteiger partial charge in [0.15, 0.2) is 0 Å². The van der Waals surface area contributed by atoms with E-state index in [-0.39, 0.29) is 36.8 Å². The number of benzene rings is 2. The van der Waals surface area contributed by atoms with E-state index >= 15 is 0 Å². The number of rotatable bonds is 6. The lowest BCUT2D eigenvalue weighted by Crippen LogP contribution is -2.35. The molecule has 0 atom stereocenters. The molecule has 0 bridgehead atoms. The van der Waals surface area contributed by atoms with Gasteiger partial charge in [0.1, 0.15) is 11.6 Å². The van der Waals surface area contributed by atoms with Gasteiger partial charge in [-0.05, 0) is 29.8 Å². The quantitative estimate of drug-likeness (QED) is 0.801. The fourth-order valence-electron chi connectivity index (χ4n) is 1.97. The molecule has 0 aromatic heterocycles. The van der Waals surface area contributed by atoms with Gasteiger partial charge in [0.05, 0.1) is 12.0 Å². The molecule has 0 heterocycles. The zero-order valence-electron chi connectivity index (χ0n) is 12.3. The Kier molecular flexibility index (Phi) is 5.80. The molecule has 120 valence electrons. The van der Waals surface area contributed by atoms with Crippen molar-refractivity contribution in [2.45, 2.75) is 6.42 Å². The Morgan fingerprint density at radius 3 is 2.22 bits per heavy atom. The molecule has 0 unspecified atom stereocenters. The third-order valence-corrected chi connectivity index (χ3v) is 3.13. The molecule has 4 nitrogen and oxygen atoms in total.